The molecule has 0 heterocycles. The van der Waals surface area contributed by atoms with Gasteiger partial charge in [-0.15, -0.1) is 0 Å². The van der Waals surface area contributed by atoms with Gasteiger partial charge in [-0.1, -0.05) is 27.7 Å². The quantitative estimate of drug-likeness (QED) is 0.780. The molecule has 0 saturated carbocycles. The van der Waals surface area contributed by atoms with Crippen molar-refractivity contribution in [3.8, 4) is 0 Å². The maximum Gasteiger partial charge on any atom is 0.225 e. The zero-order chi connectivity index (χ0) is 14.8. The molecule has 0 saturated heterocycles. The fourth-order valence-corrected chi connectivity index (χ4v) is 1.07. The van der Waals surface area contributed by atoms with E-state index in [1.54, 1.807) is 21.2 Å². The van der Waals surface area contributed by atoms with Gasteiger partial charge in [0, 0.05) is 26.6 Å². The highest BCUT2D eigenvalue weighted by Crippen LogP contribution is 2.18. The molecule has 18 heavy (non-hydrogen) atoms. The first-order valence-electron chi connectivity index (χ1n) is 6.19. The monoisotopic (exact) mass is 260 g/mol. The Hall–Kier alpha value is -1.10. The molecule has 0 spiro atoms. The SMILES string of the molecule is CCC(C)(C)C(=O)NC.CNC(=O)C(C)COC. The molecule has 2 amide bonds. The van der Waals surface area contributed by atoms with E-state index in [0.717, 1.165) is 6.42 Å². The second kappa shape index (κ2) is 9.88. The average Bonchev–Trinajstić information content (AvgIpc) is 2.37. The minimum Gasteiger partial charge on any atom is -0.384 e. The summed E-state index contributed by atoms with van der Waals surface area (Å²) in [6, 6.07) is 0. The van der Waals surface area contributed by atoms with Gasteiger partial charge in [0.15, 0.2) is 0 Å². The Labute approximate surface area is 111 Å². The summed E-state index contributed by atoms with van der Waals surface area (Å²) in [5.74, 6) is 0.0989. The standard InChI is InChI=1S/C7H15NO.C6H13NO2/c1-5-7(2,3)6(9)8-4;1-5(4-9-3)6(8)7-2/h5H2,1-4H3,(H,8,9);5H,4H2,1-3H3,(H,7,8). The lowest BCUT2D eigenvalue weighted by atomic mass is 9.89. The highest BCUT2D eigenvalue weighted by atomic mass is 16.5. The number of amides is 2. The molecule has 0 aliphatic carbocycles. The number of hydrogen-bond donors (Lipinski definition) is 2. The van der Waals surface area contributed by atoms with Crippen molar-refractivity contribution in [1.29, 1.82) is 0 Å². The van der Waals surface area contributed by atoms with Crippen LogP contribution in [0.25, 0.3) is 0 Å². The summed E-state index contributed by atoms with van der Waals surface area (Å²) in [6.45, 7) is 8.19. The zero-order valence-corrected chi connectivity index (χ0v) is 12.7. The maximum atomic E-state index is 11.0. The van der Waals surface area contributed by atoms with Gasteiger partial charge in [0.05, 0.1) is 12.5 Å². The van der Waals surface area contributed by atoms with Crippen molar-refractivity contribution in [2.24, 2.45) is 11.3 Å². The van der Waals surface area contributed by atoms with Crippen molar-refractivity contribution in [3.63, 3.8) is 0 Å². The van der Waals surface area contributed by atoms with E-state index in [2.05, 4.69) is 10.6 Å². The predicted molar refractivity (Wildman–Crippen MR) is 73.2 cm³/mol. The topological polar surface area (TPSA) is 67.4 Å². The van der Waals surface area contributed by atoms with Gasteiger partial charge >= 0.3 is 0 Å². The molecule has 0 aliphatic rings. The van der Waals surface area contributed by atoms with Crippen LogP contribution in [0, 0.1) is 11.3 Å². The van der Waals surface area contributed by atoms with E-state index >= 15 is 0 Å². The summed E-state index contributed by atoms with van der Waals surface area (Å²) in [4.78, 5) is 21.7. The molecule has 0 aromatic heterocycles. The highest BCUT2D eigenvalue weighted by Gasteiger charge is 2.23. The summed E-state index contributed by atoms with van der Waals surface area (Å²) in [5, 5.41) is 5.15. The Morgan fingerprint density at radius 2 is 1.72 bits per heavy atom. The largest absolute Gasteiger partial charge is 0.384 e. The molecule has 0 aromatic rings. The lowest BCUT2D eigenvalue weighted by molar-refractivity contribution is -0.129. The third-order valence-electron chi connectivity index (χ3n) is 2.84. The summed E-state index contributed by atoms with van der Waals surface area (Å²) in [6.07, 6.45) is 0.882. The molecule has 0 radical (unpaired) electrons. The highest BCUT2D eigenvalue weighted by molar-refractivity contribution is 5.81. The Bertz CT molecular complexity index is 253. The van der Waals surface area contributed by atoms with E-state index in [9.17, 15) is 9.59 Å². The van der Waals surface area contributed by atoms with E-state index in [0.29, 0.717) is 6.61 Å². The number of ether oxygens (including phenoxy) is 1. The van der Waals surface area contributed by atoms with Gasteiger partial charge in [-0.25, -0.2) is 0 Å². The molecule has 0 bridgehead atoms. The molecule has 0 aromatic carbocycles. The molecule has 5 heteroatoms. The molecular weight excluding hydrogens is 232 g/mol. The van der Waals surface area contributed by atoms with Crippen LogP contribution in [0.15, 0.2) is 0 Å². The molecule has 0 fully saturated rings. The summed E-state index contributed by atoms with van der Waals surface area (Å²) in [7, 11) is 4.87. The van der Waals surface area contributed by atoms with Crippen molar-refractivity contribution in [1.82, 2.24) is 10.6 Å². The van der Waals surface area contributed by atoms with E-state index in [4.69, 9.17) is 4.74 Å². The third-order valence-corrected chi connectivity index (χ3v) is 2.84. The molecule has 0 rings (SSSR count). The number of nitrogens with one attached hydrogen (secondary N) is 2. The summed E-state index contributed by atoms with van der Waals surface area (Å²) < 4.78 is 4.77. The zero-order valence-electron chi connectivity index (χ0n) is 12.7. The van der Waals surface area contributed by atoms with Gasteiger partial charge in [-0.2, -0.15) is 0 Å². The van der Waals surface area contributed by atoms with Crippen molar-refractivity contribution in [3.05, 3.63) is 0 Å². The maximum absolute atomic E-state index is 11.0. The van der Waals surface area contributed by atoms with Crippen LogP contribution in [0.4, 0.5) is 0 Å². The minimum absolute atomic E-state index is 0.0249. The Kier molecular flexibility index (Phi) is 10.6. The van der Waals surface area contributed by atoms with Crippen molar-refractivity contribution in [2.75, 3.05) is 27.8 Å². The van der Waals surface area contributed by atoms with Crippen molar-refractivity contribution in [2.45, 2.75) is 34.1 Å². The summed E-state index contributed by atoms with van der Waals surface area (Å²) in [5.41, 5.74) is -0.200. The molecule has 1 atom stereocenters. The van der Waals surface area contributed by atoms with Gasteiger partial charge in [-0.05, 0) is 6.42 Å². The second-order valence-corrected chi connectivity index (χ2v) is 4.79. The van der Waals surface area contributed by atoms with Crippen LogP contribution in [0.1, 0.15) is 34.1 Å². The van der Waals surface area contributed by atoms with E-state index in [1.807, 2.05) is 27.7 Å². The number of carbonyl (C=O) groups excluding carboxylic acids is 2. The number of methoxy groups -OCH3 is 1. The minimum atomic E-state index is -0.200. The van der Waals surface area contributed by atoms with Gasteiger partial charge in [0.2, 0.25) is 11.8 Å². The molecule has 0 aliphatic heterocycles. The number of carbonyl (C=O) groups is 2. The fourth-order valence-electron chi connectivity index (χ4n) is 1.07. The van der Waals surface area contributed by atoms with Crippen LogP contribution in [0.3, 0.4) is 0 Å². The van der Waals surface area contributed by atoms with Crippen LogP contribution in [-0.4, -0.2) is 39.6 Å². The lowest BCUT2D eigenvalue weighted by Crippen LogP contribution is -2.33. The molecular formula is C13H28N2O3. The first-order valence-corrected chi connectivity index (χ1v) is 6.19. The smallest absolute Gasteiger partial charge is 0.225 e. The van der Waals surface area contributed by atoms with E-state index < -0.39 is 0 Å². The van der Waals surface area contributed by atoms with Gasteiger partial charge < -0.3 is 15.4 Å². The van der Waals surface area contributed by atoms with Gasteiger partial charge in [0.25, 0.3) is 0 Å². The van der Waals surface area contributed by atoms with Crippen LogP contribution >= 0.6 is 0 Å². The normalized spacial score (nSPS) is 11.9. The lowest BCUT2D eigenvalue weighted by Gasteiger charge is -2.19. The molecule has 1 unspecified atom stereocenters. The first-order chi connectivity index (χ1) is 8.26. The molecule has 5 nitrogen and oxygen atoms in total. The Morgan fingerprint density at radius 3 is 1.94 bits per heavy atom. The predicted octanol–water partition coefficient (Wildman–Crippen LogP) is 1.18. The van der Waals surface area contributed by atoms with Gasteiger partial charge in [0.1, 0.15) is 0 Å². The third kappa shape index (κ3) is 8.06. The van der Waals surface area contributed by atoms with E-state index in [-0.39, 0.29) is 23.1 Å². The second-order valence-electron chi connectivity index (χ2n) is 4.79. The van der Waals surface area contributed by atoms with Crippen LogP contribution < -0.4 is 10.6 Å². The Morgan fingerprint density at radius 1 is 1.22 bits per heavy atom. The number of hydrogen-bond acceptors (Lipinski definition) is 3. The van der Waals surface area contributed by atoms with Crippen LogP contribution in [-0.2, 0) is 14.3 Å². The number of rotatable bonds is 5. The van der Waals surface area contributed by atoms with Crippen LogP contribution in [0.2, 0.25) is 0 Å². The van der Waals surface area contributed by atoms with Crippen LogP contribution in [0.5, 0.6) is 0 Å². The first kappa shape index (κ1) is 19.2. The molecule has 108 valence electrons. The van der Waals surface area contributed by atoms with E-state index in [1.165, 1.54) is 0 Å². The van der Waals surface area contributed by atoms with Crippen molar-refractivity contribution < 1.29 is 14.3 Å². The molecule has 2 N–H and O–H groups in total. The van der Waals surface area contributed by atoms with Crippen molar-refractivity contribution >= 4 is 11.8 Å². The Balaban J connectivity index is 0. The van der Waals surface area contributed by atoms with Gasteiger partial charge in [-0.3, -0.25) is 9.59 Å². The fraction of sp³-hybridized carbons (Fsp3) is 0.846. The average molecular weight is 260 g/mol. The summed E-state index contributed by atoms with van der Waals surface area (Å²) >= 11 is 0.